The molecule has 1 saturated heterocycles. The molecule has 134 valence electrons. The molecule has 1 fully saturated rings. The van der Waals surface area contributed by atoms with Crippen LogP contribution < -0.4 is 4.90 Å². The van der Waals surface area contributed by atoms with Gasteiger partial charge in [0.2, 0.25) is 0 Å². The lowest BCUT2D eigenvalue weighted by Gasteiger charge is -2.37. The number of aromatic nitrogens is 2. The fourth-order valence-corrected chi connectivity index (χ4v) is 2.76. The minimum atomic E-state index is -0.515. The number of nitrogens with zero attached hydrogens (tertiary/aromatic N) is 4. The fraction of sp³-hybridized carbons (Fsp3) is 0.444. The smallest absolute Gasteiger partial charge is 0.410 e. The number of carbonyl (C=O) groups excluding carboxylic acids is 1. The quantitative estimate of drug-likeness (QED) is 0.839. The van der Waals surface area contributed by atoms with Gasteiger partial charge in [0.15, 0.2) is 0 Å². The average molecular weight is 346 g/mol. The van der Waals surface area contributed by atoms with Crippen molar-refractivity contribution < 1.29 is 13.9 Å². The second-order valence-corrected chi connectivity index (χ2v) is 7.04. The Morgan fingerprint density at radius 2 is 1.92 bits per heavy atom. The Hall–Kier alpha value is -2.57. The summed E-state index contributed by atoms with van der Waals surface area (Å²) in [5.41, 5.74) is 0.811. The van der Waals surface area contributed by atoms with E-state index in [9.17, 15) is 9.18 Å². The zero-order valence-electron chi connectivity index (χ0n) is 14.8. The summed E-state index contributed by atoms with van der Waals surface area (Å²) in [7, 11) is 0. The molecule has 1 amide bonds. The van der Waals surface area contributed by atoms with Gasteiger partial charge in [0.1, 0.15) is 11.4 Å². The summed E-state index contributed by atoms with van der Waals surface area (Å²) in [6.07, 6.45) is 3.18. The first kappa shape index (κ1) is 17.3. The van der Waals surface area contributed by atoms with Crippen LogP contribution in [0.5, 0.6) is 0 Å². The lowest BCUT2D eigenvalue weighted by atomic mass is 10.2. The van der Waals surface area contributed by atoms with Crippen molar-refractivity contribution >= 4 is 11.8 Å². The molecule has 0 atom stereocenters. The van der Waals surface area contributed by atoms with Crippen molar-refractivity contribution in [1.82, 2.24) is 14.7 Å². The van der Waals surface area contributed by atoms with Gasteiger partial charge < -0.3 is 14.5 Å². The standard InChI is InChI=1S/C18H23FN4O2/c1-18(2,3)25-17(24)22-11-9-21(10-12-22)16-13-14(5-6-15(16)19)23-8-4-7-20-23/h4-8,13H,9-12H2,1-3H3. The summed E-state index contributed by atoms with van der Waals surface area (Å²) in [6, 6.07) is 6.75. The molecule has 2 aromatic rings. The molecular weight excluding hydrogens is 323 g/mol. The summed E-state index contributed by atoms with van der Waals surface area (Å²) >= 11 is 0. The van der Waals surface area contributed by atoms with Crippen LogP contribution >= 0.6 is 0 Å². The van der Waals surface area contributed by atoms with Crippen molar-refractivity contribution in [1.29, 1.82) is 0 Å². The Balaban J connectivity index is 1.69. The summed E-state index contributed by atoms with van der Waals surface area (Å²) in [6.45, 7) is 7.64. The number of rotatable bonds is 2. The van der Waals surface area contributed by atoms with Gasteiger partial charge in [-0.25, -0.2) is 13.9 Å². The van der Waals surface area contributed by atoms with Gasteiger partial charge in [-0.05, 0) is 45.0 Å². The van der Waals surface area contributed by atoms with Gasteiger partial charge in [-0.2, -0.15) is 5.10 Å². The maximum atomic E-state index is 14.3. The molecule has 0 unspecified atom stereocenters. The zero-order valence-corrected chi connectivity index (χ0v) is 14.8. The Kier molecular flexibility index (Phi) is 4.65. The van der Waals surface area contributed by atoms with Gasteiger partial charge in [-0.15, -0.1) is 0 Å². The number of ether oxygens (including phenoxy) is 1. The highest BCUT2D eigenvalue weighted by atomic mass is 19.1. The van der Waals surface area contributed by atoms with Gasteiger partial charge in [-0.3, -0.25) is 0 Å². The minimum Gasteiger partial charge on any atom is -0.444 e. The third-order valence-electron chi connectivity index (χ3n) is 3.97. The number of piperazine rings is 1. The van der Waals surface area contributed by atoms with E-state index in [1.165, 1.54) is 6.07 Å². The van der Waals surface area contributed by atoms with E-state index in [0.29, 0.717) is 31.9 Å². The number of carbonyl (C=O) groups is 1. The van der Waals surface area contributed by atoms with Crippen LogP contribution in [0.4, 0.5) is 14.9 Å². The summed E-state index contributed by atoms with van der Waals surface area (Å²) in [4.78, 5) is 15.7. The van der Waals surface area contributed by atoms with Crippen molar-refractivity contribution in [2.75, 3.05) is 31.1 Å². The molecule has 1 aromatic carbocycles. The second-order valence-electron chi connectivity index (χ2n) is 7.04. The van der Waals surface area contributed by atoms with Gasteiger partial charge in [0.25, 0.3) is 0 Å². The average Bonchev–Trinajstić information content (AvgIpc) is 3.08. The molecular formula is C18H23FN4O2. The molecule has 1 aliphatic heterocycles. The van der Waals surface area contributed by atoms with Crippen molar-refractivity contribution in [3.8, 4) is 5.69 Å². The molecule has 25 heavy (non-hydrogen) atoms. The first-order chi connectivity index (χ1) is 11.8. The second kappa shape index (κ2) is 6.74. The van der Waals surface area contributed by atoms with E-state index in [-0.39, 0.29) is 11.9 Å². The minimum absolute atomic E-state index is 0.276. The molecule has 1 aliphatic rings. The molecule has 6 nitrogen and oxygen atoms in total. The monoisotopic (exact) mass is 346 g/mol. The van der Waals surface area contributed by atoms with E-state index in [1.807, 2.05) is 37.9 Å². The van der Waals surface area contributed by atoms with E-state index in [4.69, 9.17) is 4.74 Å². The molecule has 3 rings (SSSR count). The van der Waals surface area contributed by atoms with Crippen LogP contribution in [0.2, 0.25) is 0 Å². The SMILES string of the molecule is CC(C)(C)OC(=O)N1CCN(c2cc(-n3cccn3)ccc2F)CC1. The Morgan fingerprint density at radius 1 is 1.20 bits per heavy atom. The normalized spacial score (nSPS) is 15.4. The van der Waals surface area contributed by atoms with Gasteiger partial charge in [0, 0.05) is 38.6 Å². The van der Waals surface area contributed by atoms with Crippen molar-refractivity contribution in [3.05, 3.63) is 42.5 Å². The zero-order chi connectivity index (χ0) is 18.0. The van der Waals surface area contributed by atoms with Crippen LogP contribution in [-0.2, 0) is 4.74 Å². The van der Waals surface area contributed by atoms with Crippen LogP contribution in [0.25, 0.3) is 5.69 Å². The van der Waals surface area contributed by atoms with Gasteiger partial charge in [0.05, 0.1) is 11.4 Å². The van der Waals surface area contributed by atoms with Crippen molar-refractivity contribution in [2.45, 2.75) is 26.4 Å². The molecule has 0 N–H and O–H groups in total. The lowest BCUT2D eigenvalue weighted by molar-refractivity contribution is 0.0240. The van der Waals surface area contributed by atoms with Crippen LogP contribution in [0.15, 0.2) is 36.7 Å². The predicted octanol–water partition coefficient (Wildman–Crippen LogP) is 3.07. The maximum Gasteiger partial charge on any atom is 0.410 e. The fourth-order valence-electron chi connectivity index (χ4n) is 2.76. The molecule has 0 bridgehead atoms. The lowest BCUT2D eigenvalue weighted by Crippen LogP contribution is -2.50. The number of amides is 1. The largest absolute Gasteiger partial charge is 0.444 e. The number of hydrogen-bond acceptors (Lipinski definition) is 4. The van der Waals surface area contributed by atoms with E-state index >= 15 is 0 Å². The first-order valence-electron chi connectivity index (χ1n) is 8.36. The Morgan fingerprint density at radius 3 is 2.52 bits per heavy atom. The van der Waals surface area contributed by atoms with Crippen LogP contribution in [0.3, 0.4) is 0 Å². The molecule has 0 aliphatic carbocycles. The van der Waals surface area contributed by atoms with Gasteiger partial charge in [-0.1, -0.05) is 0 Å². The van der Waals surface area contributed by atoms with Crippen LogP contribution in [0, 0.1) is 5.82 Å². The maximum absolute atomic E-state index is 14.3. The van der Waals surface area contributed by atoms with Gasteiger partial charge >= 0.3 is 6.09 Å². The molecule has 1 aromatic heterocycles. The Bertz CT molecular complexity index is 732. The number of anilines is 1. The highest BCUT2D eigenvalue weighted by Gasteiger charge is 2.26. The van der Waals surface area contributed by atoms with Crippen LogP contribution in [0.1, 0.15) is 20.8 Å². The predicted molar refractivity (Wildman–Crippen MR) is 93.5 cm³/mol. The summed E-state index contributed by atoms with van der Waals surface area (Å²) in [5.74, 6) is -0.276. The molecule has 0 radical (unpaired) electrons. The topological polar surface area (TPSA) is 50.6 Å². The molecule has 7 heteroatoms. The van der Waals surface area contributed by atoms with E-state index in [1.54, 1.807) is 27.9 Å². The van der Waals surface area contributed by atoms with E-state index < -0.39 is 5.60 Å². The van der Waals surface area contributed by atoms with E-state index in [2.05, 4.69) is 5.10 Å². The molecule has 0 saturated carbocycles. The van der Waals surface area contributed by atoms with Crippen molar-refractivity contribution in [3.63, 3.8) is 0 Å². The Labute approximate surface area is 146 Å². The molecule has 0 spiro atoms. The van der Waals surface area contributed by atoms with E-state index in [0.717, 1.165) is 5.69 Å². The highest BCUT2D eigenvalue weighted by Crippen LogP contribution is 2.24. The first-order valence-corrected chi connectivity index (χ1v) is 8.36. The third kappa shape index (κ3) is 4.10. The third-order valence-corrected chi connectivity index (χ3v) is 3.97. The number of benzene rings is 1. The van der Waals surface area contributed by atoms with Crippen molar-refractivity contribution in [2.24, 2.45) is 0 Å². The van der Waals surface area contributed by atoms with Crippen LogP contribution in [-0.4, -0.2) is 52.6 Å². The summed E-state index contributed by atoms with van der Waals surface area (Å²) < 4.78 is 21.4. The number of halogens is 1. The summed E-state index contributed by atoms with van der Waals surface area (Å²) in [5, 5.41) is 4.18. The number of hydrogen-bond donors (Lipinski definition) is 0. The highest BCUT2D eigenvalue weighted by molar-refractivity contribution is 5.68. The molecule has 2 heterocycles.